The second kappa shape index (κ2) is 11.6. The van der Waals surface area contributed by atoms with Gasteiger partial charge in [0.15, 0.2) is 0 Å². The van der Waals surface area contributed by atoms with Gasteiger partial charge in [0.2, 0.25) is 6.65 Å². The fourth-order valence-corrected chi connectivity index (χ4v) is 4.94. The molecule has 0 bridgehead atoms. The van der Waals surface area contributed by atoms with E-state index in [1.807, 2.05) is 42.5 Å². The van der Waals surface area contributed by atoms with Gasteiger partial charge in [0.05, 0.1) is 6.61 Å². The highest BCUT2D eigenvalue weighted by Gasteiger charge is 2.63. The van der Waals surface area contributed by atoms with E-state index in [4.69, 9.17) is 14.2 Å². The van der Waals surface area contributed by atoms with Crippen LogP contribution >= 0.6 is 112 Å². The fourth-order valence-electron chi connectivity index (χ4n) is 2.25. The summed E-state index contributed by atoms with van der Waals surface area (Å²) < 4.78 is 14.5. The number of methoxy groups -OCH3 is 1. The zero-order valence-electron chi connectivity index (χ0n) is 15.1. The number of benzene rings is 2. The van der Waals surface area contributed by atoms with Gasteiger partial charge in [0.25, 0.3) is 4.70 Å². The third-order valence-corrected chi connectivity index (χ3v) is 14.2. The third kappa shape index (κ3) is 6.76. The van der Waals surface area contributed by atoms with Gasteiger partial charge in [-0.15, -0.1) is 0 Å². The Morgan fingerprint density at radius 2 is 1.52 bits per heavy atom. The molecular weight excluding hydrogens is 836 g/mol. The minimum absolute atomic E-state index is 0.0806. The summed E-state index contributed by atoms with van der Waals surface area (Å²) in [5, 5.41) is 0.717. The van der Waals surface area contributed by atoms with Crippen molar-refractivity contribution >= 4 is 112 Å². The molecule has 3 nitrogen and oxygen atoms in total. The Bertz CT molecular complexity index is 788. The maximum Gasteiger partial charge on any atom is 0.298 e. The van der Waals surface area contributed by atoms with Gasteiger partial charge in [-0.1, -0.05) is 106 Å². The van der Waals surface area contributed by atoms with Crippen LogP contribution in [-0.2, 0) is 9.47 Å². The molecular formula is C19H17Br7O3. The molecule has 0 spiro atoms. The van der Waals surface area contributed by atoms with Crippen LogP contribution in [0.1, 0.15) is 0 Å². The van der Waals surface area contributed by atoms with Crippen LogP contribution in [0.15, 0.2) is 54.6 Å². The molecule has 0 saturated carbocycles. The normalized spacial score (nSPS) is 15.6. The largest absolute Gasteiger partial charge is 0.450 e. The molecule has 0 aliphatic rings. The lowest BCUT2D eigenvalue weighted by Crippen LogP contribution is -2.57. The molecule has 0 aliphatic heterocycles. The van der Waals surface area contributed by atoms with Gasteiger partial charge in [-0.05, 0) is 71.0 Å². The highest BCUT2D eigenvalue weighted by Crippen LogP contribution is 2.58. The molecule has 2 rings (SSSR count). The second-order valence-electron chi connectivity index (χ2n) is 5.89. The lowest BCUT2D eigenvalue weighted by atomic mass is 10.1. The Labute approximate surface area is 229 Å². The van der Waals surface area contributed by atoms with Crippen LogP contribution in [0, 0.1) is 0 Å². The minimum Gasteiger partial charge on any atom is -0.450 e. The zero-order valence-corrected chi connectivity index (χ0v) is 26.2. The van der Waals surface area contributed by atoms with Gasteiger partial charge >= 0.3 is 0 Å². The Hall–Kier alpha value is 1.52. The van der Waals surface area contributed by atoms with E-state index in [0.717, 1.165) is 16.5 Å². The number of ether oxygens (including phenoxy) is 3. The monoisotopic (exact) mass is 846 g/mol. The van der Waals surface area contributed by atoms with Gasteiger partial charge in [0.1, 0.15) is 5.75 Å². The lowest BCUT2D eigenvalue weighted by Gasteiger charge is -2.44. The van der Waals surface area contributed by atoms with E-state index in [1.165, 1.54) is 0 Å². The van der Waals surface area contributed by atoms with Crippen molar-refractivity contribution < 1.29 is 14.2 Å². The summed E-state index contributed by atoms with van der Waals surface area (Å²) in [4.78, 5) is 0.0806. The molecule has 0 aromatic heterocycles. The van der Waals surface area contributed by atoms with Crippen LogP contribution < -0.4 is 4.74 Å². The topological polar surface area (TPSA) is 27.7 Å². The number of halogens is 7. The van der Waals surface area contributed by atoms with E-state index >= 15 is 0 Å². The summed E-state index contributed by atoms with van der Waals surface area (Å²) in [5.41, 5.74) is 2.12. The fraction of sp³-hybridized carbons (Fsp3) is 0.368. The first-order valence-electron chi connectivity index (χ1n) is 8.24. The second-order valence-corrected chi connectivity index (χ2v) is 15.6. The highest BCUT2D eigenvalue weighted by molar-refractivity contribution is 9.30. The standard InChI is InChI=1S/C19H17Br7O3/c1-27-18(24,25)17(22,23)19(26,28-12-15(21)11-20)29-16-9-5-8-14(10-16)13-6-3-2-4-7-13/h2-10,15H,11-12H2,1H3. The van der Waals surface area contributed by atoms with Crippen molar-refractivity contribution in [2.45, 2.75) is 16.2 Å². The van der Waals surface area contributed by atoms with E-state index in [1.54, 1.807) is 7.11 Å². The van der Waals surface area contributed by atoms with Crippen LogP contribution in [-0.4, -0.2) is 35.2 Å². The summed E-state index contributed by atoms with van der Waals surface area (Å²) >= 11 is 25.0. The first-order chi connectivity index (χ1) is 13.6. The van der Waals surface area contributed by atoms with Crippen molar-refractivity contribution in [1.29, 1.82) is 0 Å². The predicted octanol–water partition coefficient (Wildman–Crippen LogP) is 8.53. The summed E-state index contributed by atoms with van der Waals surface area (Å²) in [6.07, 6.45) is 0. The Morgan fingerprint density at radius 1 is 0.897 bits per heavy atom. The minimum atomic E-state index is -1.37. The van der Waals surface area contributed by atoms with Gasteiger partial charge < -0.3 is 14.2 Å². The van der Waals surface area contributed by atoms with Crippen LogP contribution in [0.4, 0.5) is 0 Å². The molecule has 10 heteroatoms. The average Bonchev–Trinajstić information content (AvgIpc) is 2.72. The molecule has 29 heavy (non-hydrogen) atoms. The maximum absolute atomic E-state index is 6.34. The van der Waals surface area contributed by atoms with Gasteiger partial charge in [-0.25, -0.2) is 0 Å². The average molecular weight is 853 g/mol. The third-order valence-electron chi connectivity index (χ3n) is 3.80. The Morgan fingerprint density at radius 3 is 2.10 bits per heavy atom. The van der Waals surface area contributed by atoms with Crippen molar-refractivity contribution in [1.82, 2.24) is 0 Å². The summed E-state index contributed by atoms with van der Waals surface area (Å²) in [5.74, 6) is 0.614. The predicted molar refractivity (Wildman–Crippen MR) is 145 cm³/mol. The molecule has 2 aromatic carbocycles. The van der Waals surface area contributed by atoms with E-state index in [-0.39, 0.29) is 4.83 Å². The number of hydrogen-bond acceptors (Lipinski definition) is 3. The Kier molecular flexibility index (Phi) is 10.7. The molecule has 2 atom stereocenters. The lowest BCUT2D eigenvalue weighted by molar-refractivity contribution is -0.120. The van der Waals surface area contributed by atoms with Crippen molar-refractivity contribution in [3.05, 3.63) is 54.6 Å². The Balaban J connectivity index is 2.40. The molecule has 0 amide bonds. The molecule has 2 unspecified atom stereocenters. The molecule has 0 fully saturated rings. The van der Waals surface area contributed by atoms with E-state index in [9.17, 15) is 0 Å². The molecule has 0 saturated heterocycles. The number of rotatable bonds is 10. The van der Waals surface area contributed by atoms with Crippen molar-refractivity contribution in [3.8, 4) is 16.9 Å². The van der Waals surface area contributed by atoms with Gasteiger partial charge in [0, 0.05) is 17.3 Å². The molecule has 0 radical (unpaired) electrons. The van der Waals surface area contributed by atoms with Gasteiger partial charge in [-0.3, -0.25) is 0 Å². The van der Waals surface area contributed by atoms with Crippen molar-refractivity contribution in [2.24, 2.45) is 0 Å². The van der Waals surface area contributed by atoms with E-state index < -0.39 is 11.3 Å². The summed E-state index contributed by atoms with van der Waals surface area (Å²) in [7, 11) is 1.55. The SMILES string of the molecule is COC(Br)(Br)C(Br)(Br)C(Br)(OCC(Br)CBr)Oc1cccc(-c2ccccc2)c1. The van der Waals surface area contributed by atoms with Crippen LogP contribution in [0.5, 0.6) is 5.75 Å². The number of hydrogen-bond donors (Lipinski definition) is 0. The van der Waals surface area contributed by atoms with Crippen LogP contribution in [0.25, 0.3) is 11.1 Å². The highest BCUT2D eigenvalue weighted by atomic mass is 79.9. The quantitative estimate of drug-likeness (QED) is 0.177. The maximum atomic E-state index is 6.34. The summed E-state index contributed by atoms with van der Waals surface area (Å²) in [6.45, 7) is 0.355. The molecule has 0 aliphatic carbocycles. The molecule has 0 heterocycles. The molecule has 2 aromatic rings. The molecule has 0 N–H and O–H groups in total. The van der Waals surface area contributed by atoms with E-state index in [0.29, 0.717) is 12.4 Å². The zero-order chi connectivity index (χ0) is 21.7. The first-order valence-corrected chi connectivity index (χ1v) is 14.2. The smallest absolute Gasteiger partial charge is 0.298 e. The van der Waals surface area contributed by atoms with Crippen molar-refractivity contribution in [2.75, 3.05) is 19.0 Å². The van der Waals surface area contributed by atoms with Crippen molar-refractivity contribution in [3.63, 3.8) is 0 Å². The first kappa shape index (κ1) is 26.8. The molecule has 160 valence electrons. The van der Waals surface area contributed by atoms with Gasteiger partial charge in [-0.2, -0.15) is 0 Å². The van der Waals surface area contributed by atoms with Crippen LogP contribution in [0.3, 0.4) is 0 Å². The van der Waals surface area contributed by atoms with E-state index in [2.05, 4.69) is 124 Å². The van der Waals surface area contributed by atoms with Crippen LogP contribution in [0.2, 0.25) is 0 Å². The number of alkyl halides is 7. The summed E-state index contributed by atoms with van der Waals surface area (Å²) in [6, 6.07) is 17.9.